The summed E-state index contributed by atoms with van der Waals surface area (Å²) in [6.45, 7) is 6.53. The first kappa shape index (κ1) is 7.35. The molecule has 0 saturated heterocycles. The van der Waals surface area contributed by atoms with E-state index >= 15 is 0 Å². The van der Waals surface area contributed by atoms with Crippen LogP contribution in [0.25, 0.3) is 0 Å². The molecule has 0 heterocycles. The Morgan fingerprint density at radius 3 is 2.29 bits per heavy atom. The van der Waals surface area contributed by atoms with Gasteiger partial charge < -0.3 is 0 Å². The first-order valence-corrected chi connectivity index (χ1v) is 3.71. The predicted octanol–water partition coefficient (Wildman–Crippen LogP) is 2.35. The lowest BCUT2D eigenvalue weighted by Gasteiger charge is -1.99. The Labute approximate surface area is 50.7 Å². The van der Waals surface area contributed by atoms with Crippen molar-refractivity contribution in [3.8, 4) is 0 Å². The molecule has 0 aliphatic rings. The monoisotopic (exact) mass is 117 g/mol. The van der Waals surface area contributed by atoms with Crippen molar-refractivity contribution in [1.29, 1.82) is 0 Å². The second-order valence-electron chi connectivity index (χ2n) is 1.79. The topological polar surface area (TPSA) is 0 Å². The molecule has 0 spiro atoms. The van der Waals surface area contributed by atoms with Gasteiger partial charge >= 0.3 is 0 Å². The van der Waals surface area contributed by atoms with Gasteiger partial charge in [-0.25, -0.2) is 0 Å². The van der Waals surface area contributed by atoms with Gasteiger partial charge in [-0.1, -0.05) is 20.8 Å². The number of hydrogen-bond donors (Lipinski definition) is 0. The number of thioether (sulfide) groups is 1. The minimum Gasteiger partial charge on any atom is -0.159 e. The van der Waals surface area contributed by atoms with Crippen molar-refractivity contribution in [2.45, 2.75) is 26.0 Å². The van der Waals surface area contributed by atoms with E-state index in [1.165, 1.54) is 5.75 Å². The van der Waals surface area contributed by atoms with E-state index in [1.54, 1.807) is 0 Å². The molecule has 0 nitrogen and oxygen atoms in total. The van der Waals surface area contributed by atoms with E-state index in [1.807, 2.05) is 11.8 Å². The van der Waals surface area contributed by atoms with Gasteiger partial charge in [0, 0.05) is 0 Å². The molecule has 0 aliphatic carbocycles. The van der Waals surface area contributed by atoms with Crippen molar-refractivity contribution in [2.24, 2.45) is 0 Å². The SMILES string of the molecule is C[CH]CSC(C)C. The third-order valence-corrected chi connectivity index (χ3v) is 1.79. The van der Waals surface area contributed by atoms with Crippen LogP contribution in [0.5, 0.6) is 0 Å². The Bertz CT molecular complexity index is 33.2. The molecule has 7 heavy (non-hydrogen) atoms. The van der Waals surface area contributed by atoms with Crippen LogP contribution in [0.15, 0.2) is 0 Å². The molecule has 0 unspecified atom stereocenters. The standard InChI is InChI=1S/C6H13S/c1-4-5-7-6(2)3/h4,6H,5H2,1-3H3. The normalized spacial score (nSPS) is 10.3. The maximum absolute atomic E-state index is 2.22. The molecule has 0 aromatic rings. The van der Waals surface area contributed by atoms with Crippen molar-refractivity contribution in [1.82, 2.24) is 0 Å². The van der Waals surface area contributed by atoms with Gasteiger partial charge in [0.1, 0.15) is 0 Å². The highest BCUT2D eigenvalue weighted by Gasteiger charge is 1.88. The van der Waals surface area contributed by atoms with Crippen molar-refractivity contribution >= 4 is 11.8 Å². The van der Waals surface area contributed by atoms with Crippen LogP contribution in [0.4, 0.5) is 0 Å². The van der Waals surface area contributed by atoms with Crippen molar-refractivity contribution in [3.05, 3.63) is 6.42 Å². The van der Waals surface area contributed by atoms with Gasteiger partial charge in [0.2, 0.25) is 0 Å². The maximum Gasteiger partial charge on any atom is -0.000958 e. The molecular formula is C6H13S. The summed E-state index contributed by atoms with van der Waals surface area (Å²) in [7, 11) is 0. The average Bonchev–Trinajstić information content (AvgIpc) is 1.61. The van der Waals surface area contributed by atoms with Crippen LogP contribution in [0.1, 0.15) is 20.8 Å². The summed E-state index contributed by atoms with van der Waals surface area (Å²) in [5.41, 5.74) is 0. The lowest BCUT2D eigenvalue weighted by Crippen LogP contribution is -1.87. The summed E-state index contributed by atoms with van der Waals surface area (Å²) in [5, 5.41) is 0.788. The fourth-order valence-corrected chi connectivity index (χ4v) is 0.866. The van der Waals surface area contributed by atoms with Gasteiger partial charge in [0.15, 0.2) is 0 Å². The van der Waals surface area contributed by atoms with Crippen LogP contribution < -0.4 is 0 Å². The van der Waals surface area contributed by atoms with Crippen LogP contribution in [0, 0.1) is 6.42 Å². The predicted molar refractivity (Wildman–Crippen MR) is 37.6 cm³/mol. The first-order chi connectivity index (χ1) is 3.27. The Balaban J connectivity index is 2.68. The average molecular weight is 117 g/mol. The Morgan fingerprint density at radius 1 is 1.57 bits per heavy atom. The fourth-order valence-electron chi connectivity index (χ4n) is 0.289. The molecule has 0 fully saturated rings. The summed E-state index contributed by atoms with van der Waals surface area (Å²) in [5.74, 6) is 1.19. The van der Waals surface area contributed by atoms with Crippen molar-refractivity contribution < 1.29 is 0 Å². The lowest BCUT2D eigenvalue weighted by atomic mass is 10.6. The minimum atomic E-state index is 0.788. The van der Waals surface area contributed by atoms with Gasteiger partial charge in [0.05, 0.1) is 0 Å². The molecule has 0 N–H and O–H groups in total. The minimum absolute atomic E-state index is 0.788. The molecule has 0 bridgehead atoms. The van der Waals surface area contributed by atoms with E-state index in [2.05, 4.69) is 27.2 Å². The van der Waals surface area contributed by atoms with Gasteiger partial charge in [0.25, 0.3) is 0 Å². The summed E-state index contributed by atoms with van der Waals surface area (Å²) in [4.78, 5) is 0. The summed E-state index contributed by atoms with van der Waals surface area (Å²) in [6, 6.07) is 0. The summed E-state index contributed by atoms with van der Waals surface area (Å²) >= 11 is 1.98. The summed E-state index contributed by atoms with van der Waals surface area (Å²) < 4.78 is 0. The molecule has 0 rings (SSSR count). The highest BCUT2D eigenvalue weighted by atomic mass is 32.2. The molecule has 0 atom stereocenters. The molecular weight excluding hydrogens is 104 g/mol. The van der Waals surface area contributed by atoms with Crippen LogP contribution in [-0.2, 0) is 0 Å². The molecule has 0 aliphatic heterocycles. The zero-order valence-electron chi connectivity index (χ0n) is 5.27. The van der Waals surface area contributed by atoms with Crippen molar-refractivity contribution in [3.63, 3.8) is 0 Å². The largest absolute Gasteiger partial charge is 0.159 e. The molecule has 43 valence electrons. The van der Waals surface area contributed by atoms with E-state index in [0.29, 0.717) is 0 Å². The smallest absolute Gasteiger partial charge is 0.000958 e. The molecule has 0 aromatic heterocycles. The molecule has 0 amide bonds. The fraction of sp³-hybridized carbons (Fsp3) is 0.833. The third-order valence-electron chi connectivity index (χ3n) is 0.596. The highest BCUT2D eigenvalue weighted by Crippen LogP contribution is 2.08. The van der Waals surface area contributed by atoms with Crippen molar-refractivity contribution in [2.75, 3.05) is 5.75 Å². The van der Waals surface area contributed by atoms with Gasteiger partial charge in [-0.15, -0.1) is 0 Å². The lowest BCUT2D eigenvalue weighted by molar-refractivity contribution is 1.11. The zero-order chi connectivity index (χ0) is 5.70. The van der Waals surface area contributed by atoms with Gasteiger partial charge in [-0.05, 0) is 17.4 Å². The quantitative estimate of drug-likeness (QED) is 0.547. The van der Waals surface area contributed by atoms with Crippen LogP contribution in [0.3, 0.4) is 0 Å². The van der Waals surface area contributed by atoms with Crippen LogP contribution in [0.2, 0.25) is 0 Å². The van der Waals surface area contributed by atoms with E-state index in [4.69, 9.17) is 0 Å². The Morgan fingerprint density at radius 2 is 2.14 bits per heavy atom. The molecule has 1 radical (unpaired) electrons. The number of rotatable bonds is 3. The molecule has 1 heteroatoms. The number of hydrogen-bond acceptors (Lipinski definition) is 1. The second kappa shape index (κ2) is 4.51. The molecule has 0 saturated carbocycles. The van der Waals surface area contributed by atoms with E-state index in [9.17, 15) is 0 Å². The highest BCUT2D eigenvalue weighted by molar-refractivity contribution is 7.99. The van der Waals surface area contributed by atoms with Gasteiger partial charge in [-0.3, -0.25) is 0 Å². The summed E-state index contributed by atoms with van der Waals surface area (Å²) in [6.07, 6.45) is 2.19. The third kappa shape index (κ3) is 6.35. The van der Waals surface area contributed by atoms with Crippen LogP contribution >= 0.6 is 11.8 Å². The maximum atomic E-state index is 2.22. The Kier molecular flexibility index (Phi) is 4.73. The van der Waals surface area contributed by atoms with E-state index < -0.39 is 0 Å². The van der Waals surface area contributed by atoms with E-state index in [0.717, 1.165) is 5.25 Å². The van der Waals surface area contributed by atoms with E-state index in [-0.39, 0.29) is 0 Å². The first-order valence-electron chi connectivity index (χ1n) is 2.66. The Hall–Kier alpha value is 0.350. The molecule has 0 aromatic carbocycles. The zero-order valence-corrected chi connectivity index (χ0v) is 6.09. The van der Waals surface area contributed by atoms with Crippen LogP contribution in [-0.4, -0.2) is 11.0 Å². The van der Waals surface area contributed by atoms with Gasteiger partial charge in [-0.2, -0.15) is 11.8 Å². The second-order valence-corrected chi connectivity index (χ2v) is 3.40.